The first-order chi connectivity index (χ1) is 23.0. The number of aryl methyl sites for hydroxylation is 2. The molecule has 1 atom stereocenters. The van der Waals surface area contributed by atoms with Crippen LogP contribution in [0.15, 0.2) is 102 Å². The lowest BCUT2D eigenvalue weighted by Crippen LogP contribution is -2.55. The van der Waals surface area contributed by atoms with Crippen LogP contribution < -0.4 is 9.62 Å². The van der Waals surface area contributed by atoms with Crippen LogP contribution in [0.25, 0.3) is 0 Å². The molecule has 4 aromatic carbocycles. The molecule has 1 aliphatic rings. The van der Waals surface area contributed by atoms with E-state index in [1.165, 1.54) is 17.0 Å². The Labute approximate surface area is 293 Å². The Bertz CT molecular complexity index is 1810. The lowest BCUT2D eigenvalue weighted by Gasteiger charge is -2.35. The van der Waals surface area contributed by atoms with Crippen LogP contribution >= 0.6 is 23.2 Å². The van der Waals surface area contributed by atoms with Gasteiger partial charge in [0.1, 0.15) is 12.6 Å². The van der Waals surface area contributed by atoms with Gasteiger partial charge in [-0.1, -0.05) is 103 Å². The topological polar surface area (TPSA) is 86.8 Å². The molecule has 1 aliphatic carbocycles. The van der Waals surface area contributed by atoms with E-state index in [0.29, 0.717) is 21.3 Å². The van der Waals surface area contributed by atoms with Crippen LogP contribution in [0, 0.1) is 13.8 Å². The number of amides is 2. The highest BCUT2D eigenvalue weighted by Crippen LogP contribution is 2.29. The molecular weight excluding hydrogens is 665 g/mol. The van der Waals surface area contributed by atoms with E-state index < -0.39 is 28.5 Å². The van der Waals surface area contributed by atoms with Gasteiger partial charge < -0.3 is 10.2 Å². The van der Waals surface area contributed by atoms with E-state index in [0.717, 1.165) is 53.1 Å². The summed E-state index contributed by atoms with van der Waals surface area (Å²) in [6.07, 6.45) is 5.15. The monoisotopic (exact) mass is 705 g/mol. The molecular formula is C38H41Cl2N3O4S. The van der Waals surface area contributed by atoms with Crippen molar-refractivity contribution in [3.05, 3.63) is 129 Å². The molecule has 0 unspecified atom stereocenters. The van der Waals surface area contributed by atoms with Crippen molar-refractivity contribution in [2.45, 2.75) is 75.9 Å². The zero-order valence-electron chi connectivity index (χ0n) is 27.2. The number of anilines is 1. The molecule has 0 saturated heterocycles. The summed E-state index contributed by atoms with van der Waals surface area (Å²) in [5.41, 5.74) is 3.51. The van der Waals surface area contributed by atoms with Crippen LogP contribution in [0.2, 0.25) is 10.0 Å². The van der Waals surface area contributed by atoms with E-state index in [1.807, 2.05) is 50.2 Å². The van der Waals surface area contributed by atoms with Gasteiger partial charge in [0.25, 0.3) is 10.0 Å². The summed E-state index contributed by atoms with van der Waals surface area (Å²) in [6, 6.07) is 27.1. The molecule has 0 bridgehead atoms. The van der Waals surface area contributed by atoms with E-state index in [2.05, 4.69) is 5.32 Å². The van der Waals surface area contributed by atoms with Gasteiger partial charge in [0, 0.05) is 29.1 Å². The third-order valence-electron chi connectivity index (χ3n) is 8.68. The minimum atomic E-state index is -4.19. The molecule has 0 heterocycles. The second-order valence-electron chi connectivity index (χ2n) is 12.5. The Hall–Kier alpha value is -3.85. The highest BCUT2D eigenvalue weighted by molar-refractivity contribution is 7.92. The number of hydrogen-bond donors (Lipinski definition) is 1. The lowest BCUT2D eigenvalue weighted by atomic mass is 9.94. The normalized spacial score (nSPS) is 14.2. The summed E-state index contributed by atoms with van der Waals surface area (Å²) < 4.78 is 29.7. The highest BCUT2D eigenvalue weighted by Gasteiger charge is 2.35. The fourth-order valence-electron chi connectivity index (χ4n) is 6.27. The molecule has 4 aromatic rings. The maximum Gasteiger partial charge on any atom is 0.264 e. The van der Waals surface area contributed by atoms with Crippen molar-refractivity contribution in [2.24, 2.45) is 0 Å². The largest absolute Gasteiger partial charge is 0.352 e. The number of halogens is 2. The third kappa shape index (κ3) is 8.98. The number of sulfonamides is 1. The maximum atomic E-state index is 14.8. The standard InChI is InChI=1S/C38H41Cl2N3O4S/c1-27-20-28(2)22-33(21-27)43(48(46,47)34-16-10-5-11-17-34)26-37(44)42(25-30-18-19-31(39)24-35(30)40)36(23-29-12-6-3-7-13-29)38(45)41-32-14-8-4-9-15-32/h3,5-7,10-13,16-22,24,32,36H,4,8-9,14-15,23,25-26H2,1-2H3,(H,41,45)/t36-/m1/s1. The SMILES string of the molecule is Cc1cc(C)cc(N(CC(=O)N(Cc2ccc(Cl)cc2Cl)[C@H](Cc2ccccc2)C(=O)NC2CCCCC2)S(=O)(=O)c2ccccc2)c1. The van der Waals surface area contributed by atoms with Crippen molar-refractivity contribution in [1.29, 1.82) is 0 Å². The molecule has 1 fully saturated rings. The predicted octanol–water partition coefficient (Wildman–Crippen LogP) is 7.89. The van der Waals surface area contributed by atoms with Crippen molar-refractivity contribution in [3.8, 4) is 0 Å². The summed E-state index contributed by atoms with van der Waals surface area (Å²) >= 11 is 12.9. The van der Waals surface area contributed by atoms with Crippen LogP contribution in [-0.4, -0.2) is 43.8 Å². The molecule has 7 nitrogen and oxygen atoms in total. The molecule has 0 aliphatic heterocycles. The number of carbonyl (C=O) groups is 2. The first-order valence-electron chi connectivity index (χ1n) is 16.2. The Morgan fingerprint density at radius 1 is 0.833 bits per heavy atom. The van der Waals surface area contributed by atoms with Crippen LogP contribution in [0.4, 0.5) is 5.69 Å². The summed E-state index contributed by atoms with van der Waals surface area (Å²) in [5.74, 6) is -0.826. The fraction of sp³-hybridized carbons (Fsp3) is 0.316. The van der Waals surface area contributed by atoms with Gasteiger partial charge in [0.15, 0.2) is 0 Å². The molecule has 1 saturated carbocycles. The van der Waals surface area contributed by atoms with Gasteiger partial charge in [-0.15, -0.1) is 0 Å². The number of nitrogens with one attached hydrogen (secondary N) is 1. The first kappa shape index (κ1) is 35.5. The van der Waals surface area contributed by atoms with Gasteiger partial charge in [0.05, 0.1) is 10.6 Å². The van der Waals surface area contributed by atoms with Crippen molar-refractivity contribution in [2.75, 3.05) is 10.8 Å². The van der Waals surface area contributed by atoms with Crippen molar-refractivity contribution in [1.82, 2.24) is 10.2 Å². The minimum absolute atomic E-state index is 0.00539. The van der Waals surface area contributed by atoms with Crippen molar-refractivity contribution in [3.63, 3.8) is 0 Å². The lowest BCUT2D eigenvalue weighted by molar-refractivity contribution is -0.140. The molecule has 0 radical (unpaired) electrons. The number of hydrogen-bond acceptors (Lipinski definition) is 4. The van der Waals surface area contributed by atoms with Gasteiger partial charge in [-0.2, -0.15) is 0 Å². The fourth-order valence-corrected chi connectivity index (χ4v) is 8.16. The van der Waals surface area contributed by atoms with Gasteiger partial charge in [-0.25, -0.2) is 8.42 Å². The Kier molecular flexibility index (Phi) is 11.8. The number of benzene rings is 4. The summed E-state index contributed by atoms with van der Waals surface area (Å²) in [6.45, 7) is 3.20. The second-order valence-corrected chi connectivity index (χ2v) is 15.2. The van der Waals surface area contributed by atoms with E-state index in [4.69, 9.17) is 23.2 Å². The van der Waals surface area contributed by atoms with Crippen LogP contribution in [-0.2, 0) is 32.6 Å². The van der Waals surface area contributed by atoms with Gasteiger partial charge in [0.2, 0.25) is 11.8 Å². The summed E-state index contributed by atoms with van der Waals surface area (Å²) in [4.78, 5) is 30.5. The van der Waals surface area contributed by atoms with E-state index in [-0.39, 0.29) is 29.8 Å². The molecule has 48 heavy (non-hydrogen) atoms. The van der Waals surface area contributed by atoms with Gasteiger partial charge in [-0.3, -0.25) is 13.9 Å². The van der Waals surface area contributed by atoms with E-state index in [9.17, 15) is 18.0 Å². The number of nitrogens with zero attached hydrogens (tertiary/aromatic N) is 2. The van der Waals surface area contributed by atoms with Crippen molar-refractivity contribution < 1.29 is 18.0 Å². The van der Waals surface area contributed by atoms with Crippen LogP contribution in [0.5, 0.6) is 0 Å². The van der Waals surface area contributed by atoms with E-state index >= 15 is 0 Å². The molecule has 2 amide bonds. The molecule has 5 rings (SSSR count). The Balaban J connectivity index is 1.59. The second kappa shape index (κ2) is 16.0. The molecule has 0 spiro atoms. The average Bonchev–Trinajstić information content (AvgIpc) is 3.06. The zero-order chi connectivity index (χ0) is 34.3. The highest BCUT2D eigenvalue weighted by atomic mass is 35.5. The third-order valence-corrected chi connectivity index (χ3v) is 11.1. The van der Waals surface area contributed by atoms with Crippen LogP contribution in [0.1, 0.15) is 54.4 Å². The Morgan fingerprint density at radius 3 is 2.08 bits per heavy atom. The predicted molar refractivity (Wildman–Crippen MR) is 193 cm³/mol. The number of rotatable bonds is 12. The quantitative estimate of drug-likeness (QED) is 0.162. The van der Waals surface area contributed by atoms with E-state index in [1.54, 1.807) is 48.5 Å². The number of carbonyl (C=O) groups excluding carboxylic acids is 2. The minimum Gasteiger partial charge on any atom is -0.352 e. The average molecular weight is 707 g/mol. The molecule has 252 valence electrons. The summed E-state index contributed by atoms with van der Waals surface area (Å²) in [5, 5.41) is 4.00. The smallest absolute Gasteiger partial charge is 0.264 e. The summed E-state index contributed by atoms with van der Waals surface area (Å²) in [7, 11) is -4.19. The molecule has 10 heteroatoms. The van der Waals surface area contributed by atoms with Crippen molar-refractivity contribution >= 4 is 50.7 Å². The molecule has 0 aromatic heterocycles. The van der Waals surface area contributed by atoms with Gasteiger partial charge >= 0.3 is 0 Å². The zero-order valence-corrected chi connectivity index (χ0v) is 29.6. The molecule has 1 N–H and O–H groups in total. The maximum absolute atomic E-state index is 14.8. The Morgan fingerprint density at radius 2 is 1.46 bits per heavy atom. The first-order valence-corrected chi connectivity index (χ1v) is 18.4. The van der Waals surface area contributed by atoms with Gasteiger partial charge in [-0.05, 0) is 85.3 Å². The van der Waals surface area contributed by atoms with Crippen LogP contribution in [0.3, 0.4) is 0 Å².